The van der Waals surface area contributed by atoms with E-state index in [0.717, 1.165) is 18.8 Å². The van der Waals surface area contributed by atoms with Gasteiger partial charge in [-0.3, -0.25) is 0 Å². The first-order chi connectivity index (χ1) is 24.4. The lowest BCUT2D eigenvalue weighted by atomic mass is 10.1. The van der Waals surface area contributed by atoms with Gasteiger partial charge in [0.2, 0.25) is 0 Å². The Morgan fingerprint density at radius 3 is 0.633 bits per heavy atom. The SMILES string of the molecule is OCCOCCOCCOCCOCCOCCOCCOCCOCCOCCOCCOCCOCCCCCCCCCCCS. The third kappa shape index (κ3) is 47.8. The van der Waals surface area contributed by atoms with Crippen LogP contribution in [0, 0.1) is 0 Å². The molecule has 0 aromatic rings. The number of aliphatic hydroxyl groups is 1. The predicted molar refractivity (Wildman–Crippen MR) is 192 cm³/mol. The first kappa shape index (κ1) is 48.8. The van der Waals surface area contributed by atoms with Crippen LogP contribution in [0.25, 0.3) is 0 Å². The molecule has 0 bridgehead atoms. The minimum absolute atomic E-state index is 0.0265. The molecule has 13 nitrogen and oxygen atoms in total. The van der Waals surface area contributed by atoms with Gasteiger partial charge in [-0.25, -0.2) is 0 Å². The summed E-state index contributed by atoms with van der Waals surface area (Å²) in [6.45, 7) is 12.7. The van der Waals surface area contributed by atoms with E-state index < -0.39 is 0 Å². The molecule has 0 atom stereocenters. The van der Waals surface area contributed by atoms with Crippen LogP contribution in [-0.4, -0.2) is 176 Å². The van der Waals surface area contributed by atoms with Gasteiger partial charge in [-0.1, -0.05) is 44.9 Å². The van der Waals surface area contributed by atoms with E-state index in [-0.39, 0.29) is 6.61 Å². The molecule has 14 heteroatoms. The minimum Gasteiger partial charge on any atom is -0.394 e. The van der Waals surface area contributed by atoms with Crippen LogP contribution in [0.1, 0.15) is 57.8 Å². The second kappa shape index (κ2) is 47.8. The second-order valence-electron chi connectivity index (χ2n) is 11.0. The highest BCUT2D eigenvalue weighted by atomic mass is 32.1. The van der Waals surface area contributed by atoms with Gasteiger partial charge < -0.3 is 61.9 Å². The molecule has 0 fully saturated rings. The van der Waals surface area contributed by atoms with Crippen molar-refractivity contribution in [3.05, 3.63) is 0 Å². The zero-order valence-corrected chi connectivity index (χ0v) is 31.4. The van der Waals surface area contributed by atoms with Crippen LogP contribution in [0.15, 0.2) is 0 Å². The number of thiol groups is 1. The maximum Gasteiger partial charge on any atom is 0.0701 e. The standard InChI is InChI=1S/C35H72O13S/c36-10-12-38-14-16-40-18-20-42-22-24-44-26-28-46-30-32-48-34-33-47-31-29-45-27-25-43-23-21-41-19-17-39-15-13-37-11-8-6-4-2-1-3-5-7-9-35-49/h36,49H,1-35H2. The highest BCUT2D eigenvalue weighted by Gasteiger charge is 1.97. The lowest BCUT2D eigenvalue weighted by molar-refractivity contribution is -0.0286. The molecule has 0 aliphatic carbocycles. The molecule has 0 heterocycles. The molecular formula is C35H72O13S. The maximum absolute atomic E-state index is 8.58. The van der Waals surface area contributed by atoms with Gasteiger partial charge in [0.25, 0.3) is 0 Å². The van der Waals surface area contributed by atoms with E-state index in [2.05, 4.69) is 12.6 Å². The van der Waals surface area contributed by atoms with E-state index in [9.17, 15) is 0 Å². The fraction of sp³-hybridized carbons (Fsp3) is 1.00. The van der Waals surface area contributed by atoms with Crippen molar-refractivity contribution in [2.24, 2.45) is 0 Å². The zero-order chi connectivity index (χ0) is 35.2. The Bertz CT molecular complexity index is 524. The molecule has 0 saturated heterocycles. The highest BCUT2D eigenvalue weighted by Crippen LogP contribution is 2.10. The first-order valence-electron chi connectivity index (χ1n) is 18.6. The van der Waals surface area contributed by atoms with Crippen LogP contribution in [0.4, 0.5) is 0 Å². The smallest absolute Gasteiger partial charge is 0.0701 e. The summed E-state index contributed by atoms with van der Waals surface area (Å²) < 4.78 is 65.4. The van der Waals surface area contributed by atoms with Gasteiger partial charge in [0, 0.05) is 6.61 Å². The largest absolute Gasteiger partial charge is 0.394 e. The van der Waals surface area contributed by atoms with Crippen molar-refractivity contribution in [1.29, 1.82) is 0 Å². The average molecular weight is 733 g/mol. The molecule has 0 unspecified atom stereocenters. The van der Waals surface area contributed by atoms with Crippen molar-refractivity contribution >= 4 is 12.6 Å². The monoisotopic (exact) mass is 732 g/mol. The Kier molecular flexibility index (Phi) is 47.7. The number of rotatable bonds is 46. The van der Waals surface area contributed by atoms with E-state index >= 15 is 0 Å². The van der Waals surface area contributed by atoms with E-state index in [1.54, 1.807) is 0 Å². The third-order valence-corrected chi connectivity index (χ3v) is 7.09. The van der Waals surface area contributed by atoms with Crippen molar-refractivity contribution in [3.8, 4) is 0 Å². The molecule has 0 rings (SSSR count). The summed E-state index contributed by atoms with van der Waals surface area (Å²) >= 11 is 4.25. The fourth-order valence-corrected chi connectivity index (χ4v) is 4.36. The lowest BCUT2D eigenvalue weighted by Crippen LogP contribution is -2.15. The lowest BCUT2D eigenvalue weighted by Gasteiger charge is -2.09. The molecular weight excluding hydrogens is 660 g/mol. The Morgan fingerprint density at radius 1 is 0.224 bits per heavy atom. The van der Waals surface area contributed by atoms with Crippen LogP contribution < -0.4 is 0 Å². The average Bonchev–Trinajstić information content (AvgIpc) is 3.11. The van der Waals surface area contributed by atoms with Crippen LogP contribution in [0.5, 0.6) is 0 Å². The van der Waals surface area contributed by atoms with Crippen molar-refractivity contribution in [2.45, 2.75) is 57.8 Å². The van der Waals surface area contributed by atoms with Crippen LogP contribution >= 0.6 is 12.6 Å². The van der Waals surface area contributed by atoms with Gasteiger partial charge >= 0.3 is 0 Å². The van der Waals surface area contributed by atoms with E-state index in [1.165, 1.54) is 51.4 Å². The van der Waals surface area contributed by atoms with Crippen molar-refractivity contribution in [2.75, 3.05) is 171 Å². The van der Waals surface area contributed by atoms with Gasteiger partial charge in [0.15, 0.2) is 0 Å². The highest BCUT2D eigenvalue weighted by molar-refractivity contribution is 7.80. The first-order valence-corrected chi connectivity index (χ1v) is 19.2. The quantitative estimate of drug-likeness (QED) is 0.0699. The van der Waals surface area contributed by atoms with Gasteiger partial charge in [-0.05, 0) is 18.6 Å². The topological polar surface area (TPSA) is 131 Å². The molecule has 1 N–H and O–H groups in total. The molecule has 296 valence electrons. The van der Waals surface area contributed by atoms with Crippen LogP contribution in [-0.2, 0) is 56.8 Å². The van der Waals surface area contributed by atoms with Crippen molar-refractivity contribution < 1.29 is 61.9 Å². The van der Waals surface area contributed by atoms with Crippen molar-refractivity contribution in [3.63, 3.8) is 0 Å². The number of hydrogen-bond donors (Lipinski definition) is 2. The molecule has 0 saturated carbocycles. The number of hydrogen-bond acceptors (Lipinski definition) is 14. The minimum atomic E-state index is 0.0265. The molecule has 0 spiro atoms. The molecule has 0 aliphatic rings. The Morgan fingerprint density at radius 2 is 0.408 bits per heavy atom. The van der Waals surface area contributed by atoms with E-state index in [0.29, 0.717) is 152 Å². The predicted octanol–water partition coefficient (Wildman–Crippen LogP) is 3.62. The summed E-state index contributed by atoms with van der Waals surface area (Å²) in [5.74, 6) is 1.02. The number of aliphatic hydroxyl groups excluding tert-OH is 1. The van der Waals surface area contributed by atoms with Crippen LogP contribution in [0.3, 0.4) is 0 Å². The summed E-state index contributed by atoms with van der Waals surface area (Å²) in [7, 11) is 0. The summed E-state index contributed by atoms with van der Waals surface area (Å²) in [6, 6.07) is 0. The van der Waals surface area contributed by atoms with E-state index in [1.807, 2.05) is 0 Å². The second-order valence-corrected chi connectivity index (χ2v) is 11.4. The molecule has 0 aromatic heterocycles. The number of unbranched alkanes of at least 4 members (excludes halogenated alkanes) is 8. The van der Waals surface area contributed by atoms with Crippen molar-refractivity contribution in [1.82, 2.24) is 0 Å². The summed E-state index contributed by atoms with van der Waals surface area (Å²) in [6.07, 6.45) is 11.7. The van der Waals surface area contributed by atoms with Gasteiger partial charge in [0.1, 0.15) is 0 Å². The molecule has 0 radical (unpaired) electrons. The molecule has 0 aliphatic heterocycles. The maximum atomic E-state index is 8.58. The third-order valence-electron chi connectivity index (χ3n) is 6.77. The summed E-state index contributed by atoms with van der Waals surface area (Å²) in [5.41, 5.74) is 0. The van der Waals surface area contributed by atoms with Gasteiger partial charge in [-0.2, -0.15) is 12.6 Å². The van der Waals surface area contributed by atoms with E-state index in [4.69, 9.17) is 61.9 Å². The molecule has 49 heavy (non-hydrogen) atoms. The van der Waals surface area contributed by atoms with Gasteiger partial charge in [-0.15, -0.1) is 0 Å². The number of ether oxygens (including phenoxy) is 12. The fourth-order valence-electron chi connectivity index (χ4n) is 4.14. The Labute approximate surface area is 302 Å². The molecule has 0 amide bonds. The Balaban J connectivity index is 3.04. The zero-order valence-electron chi connectivity index (χ0n) is 30.5. The Hall–Kier alpha value is -0.170. The normalized spacial score (nSPS) is 11.6. The summed E-state index contributed by atoms with van der Waals surface area (Å²) in [4.78, 5) is 0. The van der Waals surface area contributed by atoms with Gasteiger partial charge in [0.05, 0.1) is 159 Å². The van der Waals surface area contributed by atoms with Crippen LogP contribution in [0.2, 0.25) is 0 Å². The summed E-state index contributed by atoms with van der Waals surface area (Å²) in [5, 5.41) is 8.58. The molecule has 0 aromatic carbocycles.